The van der Waals surface area contributed by atoms with Crippen molar-refractivity contribution in [1.82, 2.24) is 0 Å². The van der Waals surface area contributed by atoms with E-state index in [0.717, 1.165) is 5.57 Å². The first-order valence-electron chi connectivity index (χ1n) is 3.87. The molecule has 0 aliphatic carbocycles. The first-order chi connectivity index (χ1) is 5.31. The van der Waals surface area contributed by atoms with Gasteiger partial charge in [-0.2, -0.15) is 0 Å². The number of rotatable bonds is 2. The van der Waals surface area contributed by atoms with E-state index in [2.05, 4.69) is 0 Å². The summed E-state index contributed by atoms with van der Waals surface area (Å²) in [5, 5.41) is 0. The molecule has 0 heterocycles. The van der Waals surface area contributed by atoms with Crippen molar-refractivity contribution in [2.24, 2.45) is 0 Å². The molecule has 0 atom stereocenters. The summed E-state index contributed by atoms with van der Waals surface area (Å²) in [5.41, 5.74) is 0.913. The Morgan fingerprint density at radius 3 is 2.18 bits per heavy atom. The lowest BCUT2D eigenvalue weighted by Crippen LogP contribution is -1.62. The standard InChI is InChI=1S/C8H11F.C2H6/c1-3-4-5-8(2)6-7-9;1-2/h3-7H,1-2H3;1-2H3/b4-3-,7-6+,8-5-;. The molecule has 0 saturated heterocycles. The summed E-state index contributed by atoms with van der Waals surface area (Å²) in [4.78, 5) is 0. The van der Waals surface area contributed by atoms with Crippen LogP contribution >= 0.6 is 0 Å². The zero-order valence-corrected chi connectivity index (χ0v) is 7.76. The largest absolute Gasteiger partial charge is 0.216 e. The summed E-state index contributed by atoms with van der Waals surface area (Å²) in [6.07, 6.45) is 7.57. The molecular weight excluding hydrogens is 139 g/mol. The molecule has 0 radical (unpaired) electrons. The first kappa shape index (κ1) is 12.8. The molecule has 0 spiro atoms. The molecular formula is C10H17F. The second kappa shape index (κ2) is 11.9. The molecule has 0 aromatic rings. The van der Waals surface area contributed by atoms with E-state index in [1.54, 1.807) is 0 Å². The van der Waals surface area contributed by atoms with E-state index in [0.29, 0.717) is 6.33 Å². The molecule has 11 heavy (non-hydrogen) atoms. The maximum absolute atomic E-state index is 11.4. The normalized spacial score (nSPS) is 11.9. The quantitative estimate of drug-likeness (QED) is 0.530. The van der Waals surface area contributed by atoms with Crippen LogP contribution in [-0.2, 0) is 0 Å². The third-order valence-corrected chi connectivity index (χ3v) is 0.877. The summed E-state index contributed by atoms with van der Waals surface area (Å²) < 4.78 is 11.4. The van der Waals surface area contributed by atoms with Crippen LogP contribution < -0.4 is 0 Å². The molecule has 0 nitrogen and oxygen atoms in total. The lowest BCUT2D eigenvalue weighted by Gasteiger charge is -1.82. The summed E-state index contributed by atoms with van der Waals surface area (Å²) in [6, 6.07) is 0. The highest BCUT2D eigenvalue weighted by Gasteiger charge is 1.74. The van der Waals surface area contributed by atoms with Crippen LogP contribution in [0.2, 0.25) is 0 Å². The Morgan fingerprint density at radius 2 is 1.82 bits per heavy atom. The van der Waals surface area contributed by atoms with Gasteiger partial charge in [0.1, 0.15) is 0 Å². The number of allylic oxidation sites excluding steroid dienone is 5. The minimum atomic E-state index is 0.537. The van der Waals surface area contributed by atoms with E-state index in [4.69, 9.17) is 0 Å². The molecule has 0 N–H and O–H groups in total. The van der Waals surface area contributed by atoms with Crippen molar-refractivity contribution < 1.29 is 4.39 Å². The van der Waals surface area contributed by atoms with Crippen LogP contribution in [0.25, 0.3) is 0 Å². The van der Waals surface area contributed by atoms with Crippen LogP contribution in [0.1, 0.15) is 27.7 Å². The molecule has 64 valence electrons. The van der Waals surface area contributed by atoms with Gasteiger partial charge >= 0.3 is 0 Å². The van der Waals surface area contributed by atoms with Crippen molar-refractivity contribution in [3.8, 4) is 0 Å². The van der Waals surface area contributed by atoms with E-state index in [9.17, 15) is 4.39 Å². The molecule has 0 rings (SSSR count). The van der Waals surface area contributed by atoms with Crippen molar-refractivity contribution >= 4 is 0 Å². The van der Waals surface area contributed by atoms with Gasteiger partial charge in [0, 0.05) is 0 Å². The monoisotopic (exact) mass is 156 g/mol. The lowest BCUT2D eigenvalue weighted by atomic mass is 10.3. The topological polar surface area (TPSA) is 0 Å². The SMILES string of the molecule is CC.C\C=C/C=C(C)\C=C\F. The Bertz CT molecular complexity index is 141. The van der Waals surface area contributed by atoms with Gasteiger partial charge in [0.05, 0.1) is 6.33 Å². The molecule has 0 unspecified atom stereocenters. The predicted molar refractivity (Wildman–Crippen MR) is 50.2 cm³/mol. The third kappa shape index (κ3) is 12.4. The molecule has 0 bridgehead atoms. The summed E-state index contributed by atoms with van der Waals surface area (Å²) in [7, 11) is 0. The first-order valence-corrected chi connectivity index (χ1v) is 3.87. The summed E-state index contributed by atoms with van der Waals surface area (Å²) in [6.45, 7) is 7.76. The fourth-order valence-electron chi connectivity index (χ4n) is 0.403. The van der Waals surface area contributed by atoms with E-state index in [1.807, 2.05) is 45.9 Å². The minimum Gasteiger partial charge on any atom is -0.216 e. The molecule has 0 aliphatic heterocycles. The van der Waals surface area contributed by atoms with Crippen LogP contribution in [0.5, 0.6) is 0 Å². The van der Waals surface area contributed by atoms with Gasteiger partial charge in [-0.1, -0.05) is 32.1 Å². The zero-order valence-electron chi connectivity index (χ0n) is 7.76. The smallest absolute Gasteiger partial charge is 0.0869 e. The Morgan fingerprint density at radius 1 is 1.27 bits per heavy atom. The van der Waals surface area contributed by atoms with E-state index in [-0.39, 0.29) is 0 Å². The van der Waals surface area contributed by atoms with E-state index >= 15 is 0 Å². The maximum atomic E-state index is 11.4. The van der Waals surface area contributed by atoms with Crippen molar-refractivity contribution in [1.29, 1.82) is 0 Å². The van der Waals surface area contributed by atoms with Crippen molar-refractivity contribution in [3.05, 3.63) is 36.2 Å². The molecule has 1 heteroatoms. The summed E-state index contributed by atoms with van der Waals surface area (Å²) in [5.74, 6) is 0. The highest BCUT2D eigenvalue weighted by atomic mass is 19.1. The Balaban J connectivity index is 0. The van der Waals surface area contributed by atoms with Gasteiger partial charge in [-0.25, -0.2) is 4.39 Å². The van der Waals surface area contributed by atoms with Gasteiger partial charge in [0.2, 0.25) is 0 Å². The second-order valence-electron chi connectivity index (χ2n) is 1.73. The van der Waals surface area contributed by atoms with Crippen LogP contribution in [0.4, 0.5) is 4.39 Å². The fraction of sp³-hybridized carbons (Fsp3) is 0.400. The van der Waals surface area contributed by atoms with Crippen molar-refractivity contribution in [2.45, 2.75) is 27.7 Å². The van der Waals surface area contributed by atoms with Gasteiger partial charge in [0.25, 0.3) is 0 Å². The highest BCUT2D eigenvalue weighted by Crippen LogP contribution is 1.94. The van der Waals surface area contributed by atoms with Crippen LogP contribution in [0.15, 0.2) is 36.2 Å². The van der Waals surface area contributed by atoms with E-state index < -0.39 is 0 Å². The molecule has 0 amide bonds. The number of halogens is 1. The number of hydrogen-bond acceptors (Lipinski definition) is 0. The Kier molecular flexibility index (Phi) is 13.8. The Labute approximate surface area is 69.1 Å². The van der Waals surface area contributed by atoms with Crippen molar-refractivity contribution in [2.75, 3.05) is 0 Å². The van der Waals surface area contributed by atoms with Gasteiger partial charge in [-0.3, -0.25) is 0 Å². The van der Waals surface area contributed by atoms with Crippen LogP contribution in [0, 0.1) is 0 Å². The minimum absolute atomic E-state index is 0.537. The molecule has 0 aromatic carbocycles. The predicted octanol–water partition coefficient (Wildman–Crippen LogP) is 4.02. The van der Waals surface area contributed by atoms with Gasteiger partial charge in [-0.15, -0.1) is 0 Å². The molecule has 0 aromatic heterocycles. The van der Waals surface area contributed by atoms with E-state index in [1.165, 1.54) is 6.08 Å². The molecule has 0 aliphatic rings. The van der Waals surface area contributed by atoms with Gasteiger partial charge < -0.3 is 0 Å². The molecule has 0 saturated carbocycles. The lowest BCUT2D eigenvalue weighted by molar-refractivity contribution is 0.720. The zero-order chi connectivity index (χ0) is 9.11. The number of hydrogen-bond donors (Lipinski definition) is 0. The second-order valence-corrected chi connectivity index (χ2v) is 1.73. The van der Waals surface area contributed by atoms with Crippen LogP contribution in [0.3, 0.4) is 0 Å². The molecule has 0 fully saturated rings. The maximum Gasteiger partial charge on any atom is 0.0869 e. The fourth-order valence-corrected chi connectivity index (χ4v) is 0.403. The highest BCUT2D eigenvalue weighted by molar-refractivity contribution is 5.19. The average molecular weight is 156 g/mol. The Hall–Kier alpha value is -0.850. The van der Waals surface area contributed by atoms with Crippen LogP contribution in [-0.4, -0.2) is 0 Å². The van der Waals surface area contributed by atoms with Crippen molar-refractivity contribution in [3.63, 3.8) is 0 Å². The third-order valence-electron chi connectivity index (χ3n) is 0.877. The van der Waals surface area contributed by atoms with Gasteiger partial charge in [-0.05, 0) is 25.5 Å². The average Bonchev–Trinajstić information content (AvgIpc) is 2.05. The van der Waals surface area contributed by atoms with Gasteiger partial charge in [0.15, 0.2) is 0 Å². The summed E-state index contributed by atoms with van der Waals surface area (Å²) >= 11 is 0.